The van der Waals surface area contributed by atoms with Gasteiger partial charge in [0.2, 0.25) is 5.88 Å². The summed E-state index contributed by atoms with van der Waals surface area (Å²) in [4.78, 5) is 5.65. The largest absolute Gasteiger partial charge is 0.480 e. The van der Waals surface area contributed by atoms with Crippen LogP contribution in [0, 0.1) is 5.82 Å². The van der Waals surface area contributed by atoms with Crippen molar-refractivity contribution in [3.05, 3.63) is 89.4 Å². The average molecular weight is 404 g/mol. The molecule has 3 nitrogen and oxygen atoms in total. The summed E-state index contributed by atoms with van der Waals surface area (Å²) in [5.74, 6) is -1.05. The molecular formula is C22H20F4N2O. The van der Waals surface area contributed by atoms with Gasteiger partial charge in [0.15, 0.2) is 0 Å². The first-order valence-corrected chi connectivity index (χ1v) is 8.98. The fourth-order valence-corrected chi connectivity index (χ4v) is 3.02. The summed E-state index contributed by atoms with van der Waals surface area (Å²) in [6.07, 6.45) is -6.01. The van der Waals surface area contributed by atoms with Crippen LogP contribution in [0.15, 0.2) is 66.7 Å². The number of halogens is 4. The molecule has 3 rings (SSSR count). The van der Waals surface area contributed by atoms with E-state index in [1.54, 1.807) is 0 Å². The molecule has 0 aliphatic carbocycles. The highest BCUT2D eigenvalue weighted by Gasteiger charge is 2.31. The molecule has 0 saturated heterocycles. The number of benzene rings is 2. The highest BCUT2D eigenvalue weighted by molar-refractivity contribution is 5.56. The molecule has 0 spiro atoms. The zero-order valence-corrected chi connectivity index (χ0v) is 15.8. The molecular weight excluding hydrogens is 384 g/mol. The third kappa shape index (κ3) is 5.70. The molecule has 0 fully saturated rings. The van der Waals surface area contributed by atoms with Gasteiger partial charge >= 0.3 is 6.18 Å². The lowest BCUT2D eigenvalue weighted by molar-refractivity contribution is -0.128. The number of anilines is 1. The van der Waals surface area contributed by atoms with Gasteiger partial charge in [-0.15, -0.1) is 0 Å². The fourth-order valence-electron chi connectivity index (χ4n) is 3.02. The molecule has 1 aromatic heterocycles. The van der Waals surface area contributed by atoms with E-state index in [2.05, 4.69) is 4.98 Å². The average Bonchev–Trinajstić information content (AvgIpc) is 2.69. The van der Waals surface area contributed by atoms with Crippen molar-refractivity contribution in [2.45, 2.75) is 25.7 Å². The van der Waals surface area contributed by atoms with Gasteiger partial charge in [-0.3, -0.25) is 0 Å². The second-order valence-corrected chi connectivity index (χ2v) is 6.56. The predicted molar refractivity (Wildman–Crippen MR) is 103 cm³/mol. The van der Waals surface area contributed by atoms with E-state index in [9.17, 15) is 17.6 Å². The van der Waals surface area contributed by atoms with E-state index in [0.29, 0.717) is 18.8 Å². The highest BCUT2D eigenvalue weighted by Crippen LogP contribution is 2.33. The quantitative estimate of drug-likeness (QED) is 0.484. The van der Waals surface area contributed by atoms with Crippen LogP contribution in [0.5, 0.6) is 5.88 Å². The highest BCUT2D eigenvalue weighted by atomic mass is 19.4. The van der Waals surface area contributed by atoms with E-state index in [0.717, 1.165) is 17.2 Å². The Bertz CT molecular complexity index is 889. The molecule has 2 aromatic carbocycles. The Morgan fingerprint density at radius 3 is 1.86 bits per heavy atom. The lowest BCUT2D eigenvalue weighted by Crippen LogP contribution is -2.24. The maximum Gasteiger partial charge on any atom is 0.394 e. The molecule has 0 N–H and O–H groups in total. The van der Waals surface area contributed by atoms with Crippen molar-refractivity contribution in [3.63, 3.8) is 0 Å². The number of alkyl halides is 3. The summed E-state index contributed by atoms with van der Waals surface area (Å²) in [6, 6.07) is 20.1. The van der Waals surface area contributed by atoms with Crippen LogP contribution in [0.4, 0.5) is 23.2 Å². The van der Waals surface area contributed by atoms with Gasteiger partial charge in [0.1, 0.15) is 11.5 Å². The van der Waals surface area contributed by atoms with Crippen LogP contribution >= 0.6 is 0 Å². The van der Waals surface area contributed by atoms with Crippen molar-refractivity contribution in [2.24, 2.45) is 0 Å². The second kappa shape index (κ2) is 8.94. The maximum absolute atomic E-state index is 14.5. The van der Waals surface area contributed by atoms with Crippen molar-refractivity contribution in [3.8, 4) is 5.88 Å². The van der Waals surface area contributed by atoms with Crippen molar-refractivity contribution >= 4 is 5.69 Å². The number of aromatic nitrogens is 1. The molecule has 0 bridgehead atoms. The van der Waals surface area contributed by atoms with Gasteiger partial charge in [-0.25, -0.2) is 9.37 Å². The van der Waals surface area contributed by atoms with Crippen LogP contribution < -0.4 is 9.64 Å². The van der Waals surface area contributed by atoms with Crippen molar-refractivity contribution in [1.82, 2.24) is 4.98 Å². The molecule has 0 radical (unpaired) electrons. The summed E-state index contributed by atoms with van der Waals surface area (Å²) in [5, 5.41) is 0. The molecule has 3 aromatic rings. The minimum absolute atomic E-state index is 0.0440. The summed E-state index contributed by atoms with van der Waals surface area (Å²) in [6.45, 7) is 0.817. The third-order valence-corrected chi connectivity index (χ3v) is 4.33. The van der Waals surface area contributed by atoms with Gasteiger partial charge in [-0.1, -0.05) is 60.7 Å². The summed E-state index contributed by atoms with van der Waals surface area (Å²) < 4.78 is 57.9. The smallest absolute Gasteiger partial charge is 0.394 e. The van der Waals surface area contributed by atoms with E-state index in [-0.39, 0.29) is 5.88 Å². The maximum atomic E-state index is 14.5. The molecule has 0 amide bonds. The van der Waals surface area contributed by atoms with Gasteiger partial charge in [0.05, 0.1) is 19.2 Å². The van der Waals surface area contributed by atoms with E-state index < -0.39 is 24.1 Å². The van der Waals surface area contributed by atoms with Crippen LogP contribution in [0.25, 0.3) is 0 Å². The van der Waals surface area contributed by atoms with Crippen LogP contribution in [0.1, 0.15) is 16.8 Å². The Kier molecular flexibility index (Phi) is 6.36. The Hall–Kier alpha value is -3.09. The summed E-state index contributed by atoms with van der Waals surface area (Å²) in [7, 11) is 1.31. The summed E-state index contributed by atoms with van der Waals surface area (Å²) >= 11 is 0. The molecule has 152 valence electrons. The SMILES string of the molecule is COc1nc(CC(F)(F)F)c(F)cc1N(Cc1ccccc1)Cc1ccccc1. The monoisotopic (exact) mass is 404 g/mol. The number of hydrogen-bond donors (Lipinski definition) is 0. The molecule has 7 heteroatoms. The van der Waals surface area contributed by atoms with E-state index in [1.165, 1.54) is 7.11 Å². The number of hydrogen-bond acceptors (Lipinski definition) is 3. The molecule has 0 atom stereocenters. The minimum Gasteiger partial charge on any atom is -0.480 e. The Balaban J connectivity index is 2.00. The number of nitrogens with zero attached hydrogens (tertiary/aromatic N) is 2. The lowest BCUT2D eigenvalue weighted by atomic mass is 10.1. The molecule has 0 saturated carbocycles. The van der Waals surface area contributed by atoms with Crippen LogP contribution in [0.2, 0.25) is 0 Å². The van der Waals surface area contributed by atoms with Gasteiger partial charge in [0.25, 0.3) is 0 Å². The molecule has 0 aliphatic rings. The van der Waals surface area contributed by atoms with E-state index >= 15 is 0 Å². The second-order valence-electron chi connectivity index (χ2n) is 6.56. The first-order chi connectivity index (χ1) is 13.9. The number of pyridine rings is 1. The van der Waals surface area contributed by atoms with E-state index in [1.807, 2.05) is 65.6 Å². The van der Waals surface area contributed by atoms with Crippen molar-refractivity contribution < 1.29 is 22.3 Å². The van der Waals surface area contributed by atoms with Gasteiger partial charge < -0.3 is 9.64 Å². The minimum atomic E-state index is -4.56. The molecule has 1 heterocycles. The summed E-state index contributed by atoms with van der Waals surface area (Å²) in [5.41, 5.74) is 1.54. The van der Waals surface area contributed by atoms with Crippen LogP contribution in [-0.4, -0.2) is 18.3 Å². The Labute approximate surface area is 166 Å². The molecule has 0 unspecified atom stereocenters. The number of methoxy groups -OCH3 is 1. The topological polar surface area (TPSA) is 25.4 Å². The fraction of sp³-hybridized carbons (Fsp3) is 0.227. The molecule has 29 heavy (non-hydrogen) atoms. The molecule has 0 aliphatic heterocycles. The van der Waals surface area contributed by atoms with E-state index in [4.69, 9.17) is 4.74 Å². The third-order valence-electron chi connectivity index (χ3n) is 4.33. The normalized spacial score (nSPS) is 11.3. The number of ether oxygens (including phenoxy) is 1. The Morgan fingerprint density at radius 1 is 0.897 bits per heavy atom. The zero-order valence-electron chi connectivity index (χ0n) is 15.8. The van der Waals surface area contributed by atoms with Crippen molar-refractivity contribution in [1.29, 1.82) is 0 Å². The van der Waals surface area contributed by atoms with Crippen LogP contribution in [-0.2, 0) is 19.5 Å². The zero-order chi connectivity index (χ0) is 20.9. The van der Waals surface area contributed by atoms with Gasteiger partial charge in [-0.05, 0) is 11.1 Å². The van der Waals surface area contributed by atoms with Gasteiger partial charge in [-0.2, -0.15) is 13.2 Å². The first kappa shape index (κ1) is 20.6. The van der Waals surface area contributed by atoms with Crippen LogP contribution in [0.3, 0.4) is 0 Å². The van der Waals surface area contributed by atoms with Gasteiger partial charge in [0, 0.05) is 19.2 Å². The predicted octanol–water partition coefficient (Wildman–Crippen LogP) is 5.54. The standard InChI is InChI=1S/C22H20F4N2O/c1-29-21-20(12-18(23)19(27-21)13-22(24,25)26)28(14-16-8-4-2-5-9-16)15-17-10-6-3-7-11-17/h2-12H,13-15H2,1H3. The number of rotatable bonds is 7. The first-order valence-electron chi connectivity index (χ1n) is 8.98. The lowest BCUT2D eigenvalue weighted by Gasteiger charge is -2.27. The van der Waals surface area contributed by atoms with Crippen molar-refractivity contribution in [2.75, 3.05) is 12.0 Å². The Morgan fingerprint density at radius 2 is 1.41 bits per heavy atom.